The smallest absolute Gasteiger partial charge is 0.262 e. The summed E-state index contributed by atoms with van der Waals surface area (Å²) in [6, 6.07) is 16.0. The number of ether oxygens (including phenoxy) is 1. The molecule has 1 unspecified atom stereocenters. The zero-order valence-electron chi connectivity index (χ0n) is 30.8. The number of fused-ring (bicyclic) bond motifs is 2. The summed E-state index contributed by atoms with van der Waals surface area (Å²) in [6.07, 6.45) is -0.0697. The van der Waals surface area contributed by atoms with Crippen molar-refractivity contribution >= 4 is 47.0 Å². The summed E-state index contributed by atoms with van der Waals surface area (Å²) in [5, 5.41) is 14.9. The number of piperidine rings is 1. The molecule has 4 aliphatic heterocycles. The summed E-state index contributed by atoms with van der Waals surface area (Å²) in [4.78, 5) is 82.3. The van der Waals surface area contributed by atoms with Crippen molar-refractivity contribution in [2.75, 3.05) is 13.1 Å². The highest BCUT2D eigenvalue weighted by molar-refractivity contribution is 6.31. The molecule has 55 heavy (non-hydrogen) atoms. The van der Waals surface area contributed by atoms with Gasteiger partial charge in [-0.3, -0.25) is 43.9 Å². The van der Waals surface area contributed by atoms with Crippen molar-refractivity contribution in [1.82, 2.24) is 25.3 Å². The van der Waals surface area contributed by atoms with Gasteiger partial charge in [0, 0.05) is 72.7 Å². The maximum Gasteiger partial charge on any atom is 0.262 e. The molecule has 0 spiro atoms. The second-order valence-electron chi connectivity index (χ2n) is 16.3. The maximum atomic E-state index is 13.4. The Morgan fingerprint density at radius 2 is 1.49 bits per heavy atom. The van der Waals surface area contributed by atoms with Gasteiger partial charge in [0.2, 0.25) is 11.8 Å². The highest BCUT2D eigenvalue weighted by Gasteiger charge is 2.64. The number of nitrogens with one attached hydrogen (secondary N) is 2. The van der Waals surface area contributed by atoms with Crippen LogP contribution in [0.5, 0.6) is 5.75 Å². The quantitative estimate of drug-likeness (QED) is 0.337. The number of halogens is 1. The van der Waals surface area contributed by atoms with Crippen LogP contribution in [-0.4, -0.2) is 87.5 Å². The lowest BCUT2D eigenvalue weighted by molar-refractivity contribution is -0.164. The second-order valence-corrected chi connectivity index (χ2v) is 16.7. The maximum absolute atomic E-state index is 13.4. The molecule has 2 N–H and O–H groups in total. The molecule has 0 aromatic heterocycles. The van der Waals surface area contributed by atoms with E-state index in [0.717, 1.165) is 16.0 Å². The number of hydrogen-bond acceptors (Lipinski definition) is 9. The molecule has 3 aromatic rings. The third-order valence-electron chi connectivity index (χ3n) is 12.0. The van der Waals surface area contributed by atoms with E-state index in [1.165, 1.54) is 0 Å². The Labute approximate surface area is 322 Å². The minimum Gasteiger partial charge on any atom is -0.489 e. The lowest BCUT2D eigenvalue weighted by atomic mass is 9.49. The van der Waals surface area contributed by atoms with Crippen LogP contribution in [0.1, 0.15) is 98.7 Å². The number of carbonyl (C=O) groups excluding carboxylic acids is 6. The second kappa shape index (κ2) is 13.0. The highest BCUT2D eigenvalue weighted by Crippen LogP contribution is 2.55. The molecule has 13 nitrogen and oxygen atoms in total. The van der Waals surface area contributed by atoms with Gasteiger partial charge in [-0.15, -0.1) is 0 Å². The predicted molar refractivity (Wildman–Crippen MR) is 198 cm³/mol. The molecule has 1 atom stereocenters. The van der Waals surface area contributed by atoms with Gasteiger partial charge in [-0.2, -0.15) is 5.26 Å². The molecule has 0 radical (unpaired) electrons. The topological polar surface area (TPSA) is 169 Å². The van der Waals surface area contributed by atoms with Gasteiger partial charge < -0.3 is 15.0 Å². The van der Waals surface area contributed by atoms with Gasteiger partial charge in [0.05, 0.1) is 21.7 Å². The van der Waals surface area contributed by atoms with Gasteiger partial charge in [0.15, 0.2) is 0 Å². The molecule has 14 heteroatoms. The summed E-state index contributed by atoms with van der Waals surface area (Å²) in [6.45, 7) is 10.3. The lowest BCUT2D eigenvalue weighted by Gasteiger charge is -2.63. The first-order chi connectivity index (χ1) is 26.1. The number of imide groups is 2. The van der Waals surface area contributed by atoms with E-state index < -0.39 is 40.5 Å². The number of benzene rings is 3. The molecule has 2 saturated heterocycles. The summed E-state index contributed by atoms with van der Waals surface area (Å²) in [5.74, 6) is -1.93. The Balaban J connectivity index is 0.846. The van der Waals surface area contributed by atoms with Gasteiger partial charge in [-0.1, -0.05) is 39.3 Å². The standard InChI is InChI=1S/C41H39ClN6O7/c1-40(2)38(41(3,4)39(40)55-27-10-9-23(16-43)30(42)15-27)45-33(50)21-5-7-22(8-6-21)35(52)47-19-26(20-47)46-17-24-13-28-29(14-25(24)18-46)37(54)48(36(28)53)31-11-12-32(49)44-34(31)51/h5-10,13-15,26,31,38-39H,11-12,17-20H2,1-4H3,(H,45,50)(H,44,49,51). The SMILES string of the molecule is CC1(C)C(NC(=O)c2ccc(C(=O)N3CC(N4Cc5cc6c(cc5C4)C(=O)N(C4CCC(=O)NC4=O)C6=O)C3)cc2)C(C)(C)C1Oc1ccc(C#N)c(Cl)c1. The first kappa shape index (κ1) is 36.4. The Morgan fingerprint density at radius 1 is 0.891 bits per heavy atom. The first-order valence-corrected chi connectivity index (χ1v) is 18.6. The van der Waals surface area contributed by atoms with Crippen LogP contribution in [0.25, 0.3) is 0 Å². The minimum absolute atomic E-state index is 0.0641. The monoisotopic (exact) mass is 762 g/mol. The molecule has 8 rings (SSSR count). The average molecular weight is 763 g/mol. The number of rotatable bonds is 7. The zero-order chi connectivity index (χ0) is 39.1. The molecule has 282 valence electrons. The van der Waals surface area contributed by atoms with E-state index in [1.807, 2.05) is 33.8 Å². The number of hydrogen-bond donors (Lipinski definition) is 2. The largest absolute Gasteiger partial charge is 0.489 e. The van der Waals surface area contributed by atoms with Crippen molar-refractivity contribution < 1.29 is 33.5 Å². The van der Waals surface area contributed by atoms with Crippen molar-refractivity contribution in [2.45, 2.75) is 77.9 Å². The Morgan fingerprint density at radius 3 is 2.05 bits per heavy atom. The lowest BCUT2D eigenvalue weighted by Crippen LogP contribution is -2.74. The van der Waals surface area contributed by atoms with Gasteiger partial charge in [-0.25, -0.2) is 0 Å². The van der Waals surface area contributed by atoms with Crippen molar-refractivity contribution in [1.29, 1.82) is 5.26 Å². The fourth-order valence-electron chi connectivity index (χ4n) is 9.26. The number of carbonyl (C=O) groups is 6. The number of amides is 6. The fraction of sp³-hybridized carbons (Fsp3) is 0.390. The van der Waals surface area contributed by atoms with E-state index in [1.54, 1.807) is 59.5 Å². The van der Waals surface area contributed by atoms with Crippen LogP contribution in [0.4, 0.5) is 0 Å². The highest BCUT2D eigenvalue weighted by atomic mass is 35.5. The molecular weight excluding hydrogens is 724 g/mol. The molecule has 0 bridgehead atoms. The van der Waals surface area contributed by atoms with Crippen molar-refractivity contribution in [2.24, 2.45) is 10.8 Å². The molecule has 4 heterocycles. The number of nitriles is 1. The zero-order valence-corrected chi connectivity index (χ0v) is 31.5. The molecule has 3 fully saturated rings. The summed E-state index contributed by atoms with van der Waals surface area (Å²) < 4.78 is 6.33. The Hall–Kier alpha value is -5.58. The Bertz CT molecular complexity index is 2200. The van der Waals surface area contributed by atoms with Crippen molar-refractivity contribution in [3.63, 3.8) is 0 Å². The fourth-order valence-corrected chi connectivity index (χ4v) is 9.47. The number of likely N-dealkylation sites (tertiary alicyclic amines) is 1. The molecule has 6 amide bonds. The minimum atomic E-state index is -1.01. The summed E-state index contributed by atoms with van der Waals surface area (Å²) >= 11 is 6.22. The Kier molecular flexibility index (Phi) is 8.62. The van der Waals surface area contributed by atoms with Gasteiger partial charge >= 0.3 is 0 Å². The molecule has 1 saturated carbocycles. The normalized spacial score (nSPS) is 24.0. The third-order valence-corrected chi connectivity index (χ3v) is 12.3. The van der Waals surface area contributed by atoms with Gasteiger partial charge in [-0.05, 0) is 66.1 Å². The van der Waals surface area contributed by atoms with Crippen LogP contribution >= 0.6 is 11.6 Å². The van der Waals surface area contributed by atoms with Crippen LogP contribution < -0.4 is 15.4 Å². The van der Waals surface area contributed by atoms with Crippen LogP contribution in [-0.2, 0) is 22.7 Å². The molecule has 1 aliphatic carbocycles. The van der Waals surface area contributed by atoms with E-state index in [9.17, 15) is 34.0 Å². The predicted octanol–water partition coefficient (Wildman–Crippen LogP) is 4.07. The van der Waals surface area contributed by atoms with Gasteiger partial charge in [0.25, 0.3) is 23.6 Å². The first-order valence-electron chi connectivity index (χ1n) is 18.3. The average Bonchev–Trinajstić information content (AvgIpc) is 3.64. The third kappa shape index (κ3) is 5.95. The van der Waals surface area contributed by atoms with E-state index in [-0.39, 0.29) is 54.0 Å². The summed E-state index contributed by atoms with van der Waals surface area (Å²) in [7, 11) is 0. The molecule has 5 aliphatic rings. The summed E-state index contributed by atoms with van der Waals surface area (Å²) in [5.41, 5.74) is 2.83. The van der Waals surface area contributed by atoms with Crippen LogP contribution in [0.15, 0.2) is 54.6 Å². The van der Waals surface area contributed by atoms with Gasteiger partial charge in [0.1, 0.15) is 24.0 Å². The molecule has 3 aromatic carbocycles. The molecular formula is C41H39ClN6O7. The number of nitrogens with zero attached hydrogens (tertiary/aromatic N) is 4. The van der Waals surface area contributed by atoms with E-state index in [2.05, 4.69) is 15.5 Å². The van der Waals surface area contributed by atoms with E-state index >= 15 is 0 Å². The van der Waals surface area contributed by atoms with E-state index in [0.29, 0.717) is 53.6 Å². The van der Waals surface area contributed by atoms with Crippen molar-refractivity contribution in [3.05, 3.63) is 98.6 Å². The van der Waals surface area contributed by atoms with Crippen molar-refractivity contribution in [3.8, 4) is 11.8 Å². The van der Waals surface area contributed by atoms with E-state index in [4.69, 9.17) is 16.3 Å². The van der Waals surface area contributed by atoms with Crippen LogP contribution in [0, 0.1) is 22.2 Å². The van der Waals surface area contributed by atoms with Crippen LogP contribution in [0.2, 0.25) is 5.02 Å². The van der Waals surface area contributed by atoms with Crippen LogP contribution in [0.3, 0.4) is 0 Å².